The summed E-state index contributed by atoms with van der Waals surface area (Å²) < 4.78 is 0. The van der Waals surface area contributed by atoms with Crippen molar-refractivity contribution in [3.63, 3.8) is 0 Å². The molecular formula is C16H34N2. The molecule has 2 unspecified atom stereocenters. The summed E-state index contributed by atoms with van der Waals surface area (Å²) in [4.78, 5) is 2.67. The zero-order valence-corrected chi connectivity index (χ0v) is 12.9. The van der Waals surface area contributed by atoms with Gasteiger partial charge in [-0.2, -0.15) is 0 Å². The van der Waals surface area contributed by atoms with E-state index in [9.17, 15) is 0 Å². The van der Waals surface area contributed by atoms with Crippen LogP contribution in [0.4, 0.5) is 0 Å². The lowest BCUT2D eigenvalue weighted by molar-refractivity contribution is 0.0514. The SMILES string of the molecule is CCCCCCC(N)C(C)(CC)N1CCCCC1. The fourth-order valence-electron chi connectivity index (χ4n) is 3.23. The second-order valence-electron chi connectivity index (χ2n) is 6.21. The lowest BCUT2D eigenvalue weighted by atomic mass is 9.83. The minimum absolute atomic E-state index is 0.229. The number of unbranched alkanes of at least 4 members (excludes halogenated alkanes) is 3. The standard InChI is InChI=1S/C16H34N2/c1-4-6-7-9-12-15(17)16(3,5-2)18-13-10-8-11-14-18/h15H,4-14,17H2,1-3H3. The van der Waals surface area contributed by atoms with Gasteiger partial charge in [0, 0.05) is 11.6 Å². The molecule has 1 rings (SSSR count). The summed E-state index contributed by atoms with van der Waals surface area (Å²) in [6, 6.07) is 0.345. The van der Waals surface area contributed by atoms with Crippen molar-refractivity contribution in [1.82, 2.24) is 4.90 Å². The van der Waals surface area contributed by atoms with E-state index in [2.05, 4.69) is 25.7 Å². The van der Waals surface area contributed by atoms with Gasteiger partial charge in [-0.3, -0.25) is 4.90 Å². The Hall–Kier alpha value is -0.0800. The molecule has 0 spiro atoms. The van der Waals surface area contributed by atoms with E-state index in [1.54, 1.807) is 0 Å². The largest absolute Gasteiger partial charge is 0.326 e. The maximum Gasteiger partial charge on any atom is 0.0329 e. The van der Waals surface area contributed by atoms with E-state index in [0.717, 1.165) is 0 Å². The third kappa shape index (κ3) is 4.24. The summed E-state index contributed by atoms with van der Waals surface area (Å²) in [5.74, 6) is 0. The Bertz CT molecular complexity index is 211. The summed E-state index contributed by atoms with van der Waals surface area (Å²) in [5, 5.41) is 0. The maximum atomic E-state index is 6.53. The highest BCUT2D eigenvalue weighted by Gasteiger charge is 2.36. The molecule has 1 heterocycles. The molecule has 1 aliphatic heterocycles. The zero-order valence-electron chi connectivity index (χ0n) is 12.9. The first-order valence-corrected chi connectivity index (χ1v) is 8.15. The zero-order chi connectivity index (χ0) is 13.4. The Kier molecular flexibility index (Phi) is 7.25. The van der Waals surface area contributed by atoms with Crippen molar-refractivity contribution in [2.75, 3.05) is 13.1 Å². The van der Waals surface area contributed by atoms with Crippen molar-refractivity contribution in [2.45, 2.75) is 90.1 Å². The monoisotopic (exact) mass is 254 g/mol. The average molecular weight is 254 g/mol. The molecule has 18 heavy (non-hydrogen) atoms. The van der Waals surface area contributed by atoms with Crippen molar-refractivity contribution in [3.05, 3.63) is 0 Å². The van der Waals surface area contributed by atoms with Crippen molar-refractivity contribution in [1.29, 1.82) is 0 Å². The van der Waals surface area contributed by atoms with Gasteiger partial charge in [-0.25, -0.2) is 0 Å². The van der Waals surface area contributed by atoms with Gasteiger partial charge in [0.25, 0.3) is 0 Å². The van der Waals surface area contributed by atoms with Gasteiger partial charge in [-0.05, 0) is 45.7 Å². The van der Waals surface area contributed by atoms with Crippen molar-refractivity contribution in [2.24, 2.45) is 5.73 Å². The second kappa shape index (κ2) is 8.16. The van der Waals surface area contributed by atoms with Gasteiger partial charge in [0.15, 0.2) is 0 Å². The lowest BCUT2D eigenvalue weighted by Gasteiger charge is -2.47. The number of hydrogen-bond donors (Lipinski definition) is 1. The number of nitrogens with zero attached hydrogens (tertiary/aromatic N) is 1. The van der Waals surface area contributed by atoms with Crippen LogP contribution in [0, 0.1) is 0 Å². The molecule has 1 aliphatic rings. The summed E-state index contributed by atoms with van der Waals surface area (Å²) in [7, 11) is 0. The molecule has 1 fully saturated rings. The highest BCUT2D eigenvalue weighted by molar-refractivity contribution is 4.95. The molecule has 0 aliphatic carbocycles. The third-order valence-electron chi connectivity index (χ3n) is 4.96. The first kappa shape index (κ1) is 16.0. The molecule has 0 aromatic rings. The van der Waals surface area contributed by atoms with Crippen molar-refractivity contribution < 1.29 is 0 Å². The Labute approximate surface area is 114 Å². The van der Waals surface area contributed by atoms with Gasteiger partial charge in [-0.1, -0.05) is 46.0 Å². The predicted octanol–water partition coefficient (Wildman–Crippen LogP) is 3.94. The summed E-state index contributed by atoms with van der Waals surface area (Å²) in [6.45, 7) is 9.48. The molecule has 2 heteroatoms. The number of nitrogens with two attached hydrogens (primary N) is 1. The van der Waals surface area contributed by atoms with Crippen LogP contribution < -0.4 is 5.73 Å². The van der Waals surface area contributed by atoms with Gasteiger partial charge >= 0.3 is 0 Å². The summed E-state index contributed by atoms with van der Waals surface area (Å²) in [5.41, 5.74) is 6.76. The summed E-state index contributed by atoms with van der Waals surface area (Å²) in [6.07, 6.45) is 11.8. The van der Waals surface area contributed by atoms with E-state index in [0.29, 0.717) is 6.04 Å². The molecule has 2 atom stereocenters. The van der Waals surface area contributed by atoms with Crippen LogP contribution in [-0.2, 0) is 0 Å². The molecule has 0 aromatic heterocycles. The molecular weight excluding hydrogens is 220 g/mol. The number of rotatable bonds is 8. The van der Waals surface area contributed by atoms with E-state index in [1.807, 2.05) is 0 Å². The van der Waals surface area contributed by atoms with Gasteiger partial charge in [0.2, 0.25) is 0 Å². The number of hydrogen-bond acceptors (Lipinski definition) is 2. The quantitative estimate of drug-likeness (QED) is 0.665. The van der Waals surface area contributed by atoms with Crippen molar-refractivity contribution >= 4 is 0 Å². The molecule has 0 saturated carbocycles. The normalized spacial score (nSPS) is 22.7. The van der Waals surface area contributed by atoms with Crippen LogP contribution in [0.1, 0.15) is 78.6 Å². The minimum atomic E-state index is 0.229. The second-order valence-corrected chi connectivity index (χ2v) is 6.21. The smallest absolute Gasteiger partial charge is 0.0329 e. The average Bonchev–Trinajstić information content (AvgIpc) is 2.43. The van der Waals surface area contributed by atoms with Crippen LogP contribution in [0.5, 0.6) is 0 Å². The Balaban J connectivity index is 2.45. The van der Waals surface area contributed by atoms with Gasteiger partial charge in [0.05, 0.1) is 0 Å². The van der Waals surface area contributed by atoms with E-state index >= 15 is 0 Å². The molecule has 2 N–H and O–H groups in total. The van der Waals surface area contributed by atoms with Crippen LogP contribution in [0.3, 0.4) is 0 Å². The number of likely N-dealkylation sites (tertiary alicyclic amines) is 1. The molecule has 0 aromatic carbocycles. The van der Waals surface area contributed by atoms with Crippen molar-refractivity contribution in [3.8, 4) is 0 Å². The molecule has 2 nitrogen and oxygen atoms in total. The topological polar surface area (TPSA) is 29.3 Å². The van der Waals surface area contributed by atoms with E-state index in [4.69, 9.17) is 5.73 Å². The van der Waals surface area contributed by atoms with Crippen LogP contribution in [0.2, 0.25) is 0 Å². The Morgan fingerprint density at radius 3 is 2.28 bits per heavy atom. The van der Waals surface area contributed by atoms with Crippen LogP contribution in [0.15, 0.2) is 0 Å². The minimum Gasteiger partial charge on any atom is -0.326 e. The van der Waals surface area contributed by atoms with E-state index in [1.165, 1.54) is 70.9 Å². The van der Waals surface area contributed by atoms with Crippen LogP contribution in [0.25, 0.3) is 0 Å². The van der Waals surface area contributed by atoms with Gasteiger partial charge in [0.1, 0.15) is 0 Å². The highest BCUT2D eigenvalue weighted by Crippen LogP contribution is 2.28. The maximum absolute atomic E-state index is 6.53. The third-order valence-corrected chi connectivity index (χ3v) is 4.96. The Morgan fingerprint density at radius 2 is 1.72 bits per heavy atom. The van der Waals surface area contributed by atoms with Crippen LogP contribution >= 0.6 is 0 Å². The van der Waals surface area contributed by atoms with Crippen LogP contribution in [-0.4, -0.2) is 29.6 Å². The molecule has 0 bridgehead atoms. The first-order valence-electron chi connectivity index (χ1n) is 8.15. The van der Waals surface area contributed by atoms with E-state index in [-0.39, 0.29) is 5.54 Å². The highest BCUT2D eigenvalue weighted by atomic mass is 15.2. The molecule has 1 saturated heterocycles. The van der Waals surface area contributed by atoms with Gasteiger partial charge in [-0.15, -0.1) is 0 Å². The predicted molar refractivity (Wildman–Crippen MR) is 80.9 cm³/mol. The Morgan fingerprint density at radius 1 is 1.06 bits per heavy atom. The number of piperidine rings is 1. The summed E-state index contributed by atoms with van der Waals surface area (Å²) >= 11 is 0. The fourth-order valence-corrected chi connectivity index (χ4v) is 3.23. The molecule has 0 amide bonds. The van der Waals surface area contributed by atoms with Gasteiger partial charge < -0.3 is 5.73 Å². The molecule has 0 radical (unpaired) electrons. The fraction of sp³-hybridized carbons (Fsp3) is 1.00. The lowest BCUT2D eigenvalue weighted by Crippen LogP contribution is -2.59. The van der Waals surface area contributed by atoms with E-state index < -0.39 is 0 Å². The first-order chi connectivity index (χ1) is 8.65. The molecule has 108 valence electrons.